The van der Waals surface area contributed by atoms with Gasteiger partial charge in [0, 0.05) is 18.0 Å². The van der Waals surface area contributed by atoms with Crippen LogP contribution in [0.2, 0.25) is 0 Å². The number of imidazole rings is 1. The second-order valence-corrected chi connectivity index (χ2v) is 9.31. The molecule has 0 atom stereocenters. The van der Waals surface area contributed by atoms with Crippen LogP contribution in [0.25, 0.3) is 16.9 Å². The SMILES string of the molecule is CS(=O)(=O)c1cccc(Oc2ccc(-c3c(C(F)(F)F)nc4c(C(F)(F)F)cccn34)cc2)c1. The molecule has 4 aromatic rings. The first-order valence-electron chi connectivity index (χ1n) is 9.49. The fourth-order valence-corrected chi connectivity index (χ4v) is 4.00. The van der Waals surface area contributed by atoms with Crippen LogP contribution in [0.4, 0.5) is 26.3 Å². The minimum atomic E-state index is -5.01. The fourth-order valence-electron chi connectivity index (χ4n) is 3.35. The predicted molar refractivity (Wildman–Crippen MR) is 110 cm³/mol. The quantitative estimate of drug-likeness (QED) is 0.312. The van der Waals surface area contributed by atoms with Crippen LogP contribution in [0.15, 0.2) is 71.8 Å². The molecule has 0 aliphatic carbocycles. The summed E-state index contributed by atoms with van der Waals surface area (Å²) in [6.07, 6.45) is -7.81. The minimum Gasteiger partial charge on any atom is -0.457 e. The van der Waals surface area contributed by atoms with Gasteiger partial charge in [-0.25, -0.2) is 13.4 Å². The van der Waals surface area contributed by atoms with Crippen LogP contribution in [-0.2, 0) is 22.2 Å². The molecular weight excluding hydrogens is 486 g/mol. The molecule has 2 heterocycles. The number of aromatic nitrogens is 2. The Bertz CT molecular complexity index is 1470. The molecule has 0 unspecified atom stereocenters. The van der Waals surface area contributed by atoms with Crippen molar-refractivity contribution in [3.8, 4) is 22.8 Å². The first kappa shape index (κ1) is 23.6. The van der Waals surface area contributed by atoms with E-state index in [9.17, 15) is 34.8 Å². The van der Waals surface area contributed by atoms with Gasteiger partial charge in [-0.2, -0.15) is 26.3 Å². The summed E-state index contributed by atoms with van der Waals surface area (Å²) in [6, 6.07) is 12.4. The van der Waals surface area contributed by atoms with Crippen molar-refractivity contribution in [2.45, 2.75) is 17.2 Å². The number of pyridine rings is 1. The van der Waals surface area contributed by atoms with Crippen molar-refractivity contribution >= 4 is 15.5 Å². The van der Waals surface area contributed by atoms with Crippen LogP contribution in [0.3, 0.4) is 0 Å². The van der Waals surface area contributed by atoms with Crippen molar-refractivity contribution in [1.82, 2.24) is 9.38 Å². The third-order valence-corrected chi connectivity index (χ3v) is 5.93. The summed E-state index contributed by atoms with van der Waals surface area (Å²) in [4.78, 5) is 3.30. The van der Waals surface area contributed by atoms with E-state index >= 15 is 0 Å². The molecule has 5 nitrogen and oxygen atoms in total. The van der Waals surface area contributed by atoms with Crippen molar-refractivity contribution in [2.75, 3.05) is 6.26 Å². The van der Waals surface area contributed by atoms with Gasteiger partial charge in [0.25, 0.3) is 0 Å². The molecule has 0 spiro atoms. The summed E-state index contributed by atoms with van der Waals surface area (Å²) in [7, 11) is -3.48. The molecule has 2 aromatic heterocycles. The molecule has 0 amide bonds. The lowest BCUT2D eigenvalue weighted by atomic mass is 10.1. The van der Waals surface area contributed by atoms with E-state index in [0.717, 1.165) is 22.9 Å². The molecular formula is C22H14F6N2O3S. The molecule has 178 valence electrons. The average molecular weight is 500 g/mol. The zero-order valence-corrected chi connectivity index (χ0v) is 18.0. The smallest absolute Gasteiger partial charge is 0.435 e. The highest BCUT2D eigenvalue weighted by atomic mass is 32.2. The van der Waals surface area contributed by atoms with Crippen LogP contribution in [0.5, 0.6) is 11.5 Å². The number of hydrogen-bond donors (Lipinski definition) is 0. The molecule has 4 rings (SSSR count). The number of alkyl halides is 6. The van der Waals surface area contributed by atoms with Crippen LogP contribution in [0.1, 0.15) is 11.3 Å². The van der Waals surface area contributed by atoms with Crippen LogP contribution < -0.4 is 4.74 Å². The molecule has 0 saturated heterocycles. The molecule has 0 saturated carbocycles. The van der Waals surface area contributed by atoms with E-state index in [-0.39, 0.29) is 22.0 Å². The lowest BCUT2D eigenvalue weighted by Gasteiger charge is -2.11. The third kappa shape index (κ3) is 4.58. The summed E-state index contributed by atoms with van der Waals surface area (Å²) in [5, 5.41) is 0. The fraction of sp³-hybridized carbons (Fsp3) is 0.136. The second-order valence-electron chi connectivity index (χ2n) is 7.29. The van der Waals surface area contributed by atoms with Gasteiger partial charge in [0.2, 0.25) is 0 Å². The Morgan fingerprint density at radius 2 is 1.53 bits per heavy atom. The van der Waals surface area contributed by atoms with Crippen LogP contribution in [0, 0.1) is 0 Å². The Morgan fingerprint density at radius 1 is 0.853 bits per heavy atom. The summed E-state index contributed by atoms with van der Waals surface area (Å²) in [5.74, 6) is 0.351. The van der Waals surface area contributed by atoms with Gasteiger partial charge in [0.05, 0.1) is 16.2 Å². The van der Waals surface area contributed by atoms with Crippen LogP contribution in [-0.4, -0.2) is 24.1 Å². The Hall–Kier alpha value is -3.54. The van der Waals surface area contributed by atoms with Gasteiger partial charge >= 0.3 is 12.4 Å². The molecule has 2 aromatic carbocycles. The number of ether oxygens (including phenoxy) is 1. The van der Waals surface area contributed by atoms with Gasteiger partial charge in [0.1, 0.15) is 17.1 Å². The van der Waals surface area contributed by atoms with Crippen molar-refractivity contribution in [1.29, 1.82) is 0 Å². The number of nitrogens with zero attached hydrogens (tertiary/aromatic N) is 2. The molecule has 34 heavy (non-hydrogen) atoms. The van der Waals surface area contributed by atoms with E-state index in [1.54, 1.807) is 0 Å². The standard InChI is InChI=1S/C22H14F6N2O3S/c1-34(31,32)16-5-2-4-15(12-16)33-14-9-7-13(8-10-14)18-19(22(26,27)28)29-20-17(21(23,24)25)6-3-11-30(18)20/h2-12H,1H3. The van der Waals surface area contributed by atoms with E-state index in [0.29, 0.717) is 6.07 Å². The second kappa shape index (κ2) is 8.05. The molecule has 0 N–H and O–H groups in total. The maximum absolute atomic E-state index is 13.7. The molecule has 0 aliphatic rings. The number of hydrogen-bond acceptors (Lipinski definition) is 4. The number of fused-ring (bicyclic) bond motifs is 1. The van der Waals surface area contributed by atoms with Crippen LogP contribution >= 0.6 is 0 Å². The minimum absolute atomic E-state index is 0.0163. The highest BCUT2D eigenvalue weighted by Crippen LogP contribution is 2.41. The first-order valence-corrected chi connectivity index (χ1v) is 11.4. The predicted octanol–water partition coefficient (Wildman–Crippen LogP) is 6.23. The van der Waals surface area contributed by atoms with Gasteiger partial charge in [-0.15, -0.1) is 0 Å². The Kier molecular flexibility index (Phi) is 5.59. The van der Waals surface area contributed by atoms with Crippen molar-refractivity contribution in [3.63, 3.8) is 0 Å². The summed E-state index contributed by atoms with van der Waals surface area (Å²) in [6.45, 7) is 0. The van der Waals surface area contributed by atoms with E-state index in [2.05, 4.69) is 4.98 Å². The Balaban J connectivity index is 1.77. The molecule has 0 bridgehead atoms. The largest absolute Gasteiger partial charge is 0.457 e. The lowest BCUT2D eigenvalue weighted by molar-refractivity contribution is -0.141. The Labute approximate surface area is 189 Å². The molecule has 0 radical (unpaired) electrons. The average Bonchev–Trinajstić information content (AvgIpc) is 3.13. The third-order valence-electron chi connectivity index (χ3n) is 4.82. The summed E-state index contributed by atoms with van der Waals surface area (Å²) in [5.41, 5.74) is -4.22. The first-order chi connectivity index (χ1) is 15.7. The summed E-state index contributed by atoms with van der Waals surface area (Å²) < 4.78 is 111. The summed E-state index contributed by atoms with van der Waals surface area (Å²) >= 11 is 0. The monoisotopic (exact) mass is 500 g/mol. The zero-order chi connectivity index (χ0) is 24.9. The van der Waals surface area contributed by atoms with Gasteiger partial charge in [-0.05, 0) is 54.6 Å². The van der Waals surface area contributed by atoms with Gasteiger partial charge in [-0.3, -0.25) is 4.40 Å². The number of benzene rings is 2. The van der Waals surface area contributed by atoms with Gasteiger partial charge in [0.15, 0.2) is 15.5 Å². The number of halogens is 6. The van der Waals surface area contributed by atoms with E-state index in [1.165, 1.54) is 48.5 Å². The number of rotatable bonds is 4. The van der Waals surface area contributed by atoms with Crippen molar-refractivity contribution in [2.24, 2.45) is 0 Å². The van der Waals surface area contributed by atoms with Crippen molar-refractivity contribution in [3.05, 3.63) is 78.1 Å². The zero-order valence-electron chi connectivity index (χ0n) is 17.1. The number of sulfone groups is 1. The maximum Gasteiger partial charge on any atom is 0.435 e. The Morgan fingerprint density at radius 3 is 2.12 bits per heavy atom. The van der Waals surface area contributed by atoms with E-state index in [1.807, 2.05) is 0 Å². The topological polar surface area (TPSA) is 60.7 Å². The highest BCUT2D eigenvalue weighted by molar-refractivity contribution is 7.90. The normalized spacial score (nSPS) is 12.8. The van der Waals surface area contributed by atoms with Gasteiger partial charge in [-0.1, -0.05) is 6.07 Å². The lowest BCUT2D eigenvalue weighted by Crippen LogP contribution is -2.08. The van der Waals surface area contributed by atoms with E-state index < -0.39 is 44.8 Å². The maximum atomic E-state index is 13.7. The van der Waals surface area contributed by atoms with E-state index in [4.69, 9.17) is 4.74 Å². The molecule has 0 fully saturated rings. The molecule has 0 aliphatic heterocycles. The molecule has 12 heteroatoms. The van der Waals surface area contributed by atoms with Crippen molar-refractivity contribution < 1.29 is 39.5 Å². The highest BCUT2D eigenvalue weighted by Gasteiger charge is 2.41. The van der Waals surface area contributed by atoms with Gasteiger partial charge < -0.3 is 4.74 Å².